The first-order valence-corrected chi connectivity index (χ1v) is 4.22. The zero-order valence-corrected chi connectivity index (χ0v) is 11.5. The van der Waals surface area contributed by atoms with E-state index in [9.17, 15) is 17.3 Å². The van der Waals surface area contributed by atoms with Crippen molar-refractivity contribution in [2.24, 2.45) is 0 Å². The molecule has 0 aliphatic rings. The van der Waals surface area contributed by atoms with E-state index in [0.29, 0.717) is 5.52 Å². The van der Waals surface area contributed by atoms with Crippen LogP contribution < -0.4 is 56.8 Å². The molecule has 1 heterocycles. The van der Waals surface area contributed by atoms with Crippen LogP contribution in [0.4, 0.5) is 17.3 Å². The zero-order chi connectivity index (χ0) is 11.1. The number of hydrogen-bond donors (Lipinski definition) is 0. The average Bonchev–Trinajstić information content (AvgIpc) is 2.15. The molecule has 0 N–H and O–H groups in total. The van der Waals surface area contributed by atoms with Gasteiger partial charge in [-0.15, -0.1) is 0 Å². The summed E-state index contributed by atoms with van der Waals surface area (Å²) in [6.07, 6.45) is 0.764. The van der Waals surface area contributed by atoms with Gasteiger partial charge in [0.25, 0.3) is 0 Å². The van der Waals surface area contributed by atoms with Crippen molar-refractivity contribution >= 4 is 23.3 Å². The Morgan fingerprint density at radius 2 is 1.75 bits per heavy atom. The number of pyridine rings is 1. The van der Waals surface area contributed by atoms with Gasteiger partial charge in [-0.1, -0.05) is 11.5 Å². The molecule has 0 saturated carbocycles. The Morgan fingerprint density at radius 3 is 2.38 bits per heavy atom. The minimum absolute atomic E-state index is 0. The predicted molar refractivity (Wildman–Crippen MR) is 50.4 cm³/mol. The standard InChI is InChI=1S/C9H5BF4N.K/c11-8-1-2-9-6(4-8)3-7(5-15-9)10(12,13)14;/h1-5H;/q-1;+1. The maximum absolute atomic E-state index is 12.8. The van der Waals surface area contributed by atoms with Crippen LogP contribution >= 0.6 is 0 Å². The first-order chi connectivity index (χ1) is 6.97. The smallest absolute Gasteiger partial charge is 0.445 e. The van der Waals surface area contributed by atoms with Crippen molar-refractivity contribution in [3.8, 4) is 0 Å². The molecular weight excluding hydrogens is 248 g/mol. The summed E-state index contributed by atoms with van der Waals surface area (Å²) in [7, 11) is 0. The molecule has 1 aromatic carbocycles. The zero-order valence-electron chi connectivity index (χ0n) is 8.42. The van der Waals surface area contributed by atoms with Gasteiger partial charge >= 0.3 is 58.4 Å². The molecule has 0 bridgehead atoms. The summed E-state index contributed by atoms with van der Waals surface area (Å²) in [6, 6.07) is 4.45. The van der Waals surface area contributed by atoms with Gasteiger partial charge in [0.05, 0.1) is 5.52 Å². The number of benzene rings is 1. The summed E-state index contributed by atoms with van der Waals surface area (Å²) in [6.45, 7) is -5.08. The quantitative estimate of drug-likeness (QED) is 0.490. The maximum Gasteiger partial charge on any atom is 1.00 e. The molecule has 0 spiro atoms. The third-order valence-electron chi connectivity index (χ3n) is 2.04. The van der Waals surface area contributed by atoms with Crippen LogP contribution in [0.5, 0.6) is 0 Å². The fraction of sp³-hybridized carbons (Fsp3) is 0. The third kappa shape index (κ3) is 3.04. The molecule has 78 valence electrons. The molecule has 0 unspecified atom stereocenters. The Kier molecular flexibility index (Phi) is 4.53. The van der Waals surface area contributed by atoms with Gasteiger partial charge in [-0.25, -0.2) is 4.39 Å². The average molecular weight is 253 g/mol. The number of aromatic nitrogens is 1. The molecule has 0 radical (unpaired) electrons. The van der Waals surface area contributed by atoms with Crippen molar-refractivity contribution in [1.29, 1.82) is 0 Å². The van der Waals surface area contributed by atoms with E-state index in [1.165, 1.54) is 6.07 Å². The molecule has 0 amide bonds. The SMILES string of the molecule is Fc1ccc2ncc([B-](F)(F)F)cc2c1.[K+]. The van der Waals surface area contributed by atoms with Crippen molar-refractivity contribution in [3.05, 3.63) is 36.3 Å². The van der Waals surface area contributed by atoms with Crippen LogP contribution in [0.1, 0.15) is 0 Å². The van der Waals surface area contributed by atoms with Gasteiger partial charge in [0.2, 0.25) is 0 Å². The monoisotopic (exact) mass is 253 g/mol. The summed E-state index contributed by atoms with van der Waals surface area (Å²) >= 11 is 0. The molecule has 0 aliphatic heterocycles. The van der Waals surface area contributed by atoms with Crippen molar-refractivity contribution < 1.29 is 68.7 Å². The van der Waals surface area contributed by atoms with Gasteiger partial charge in [-0.2, -0.15) is 0 Å². The van der Waals surface area contributed by atoms with Crippen LogP contribution in [-0.2, 0) is 0 Å². The maximum atomic E-state index is 12.8. The van der Waals surface area contributed by atoms with E-state index in [4.69, 9.17) is 0 Å². The summed E-state index contributed by atoms with van der Waals surface area (Å²) < 4.78 is 49.8. The Hall–Kier alpha value is 0.0513. The summed E-state index contributed by atoms with van der Waals surface area (Å²) in [5.41, 5.74) is -0.465. The largest absolute Gasteiger partial charge is 1.00 e. The van der Waals surface area contributed by atoms with E-state index in [0.717, 1.165) is 24.4 Å². The van der Waals surface area contributed by atoms with Crippen molar-refractivity contribution in [3.63, 3.8) is 0 Å². The van der Waals surface area contributed by atoms with Crippen LogP contribution in [0.3, 0.4) is 0 Å². The Morgan fingerprint density at radius 1 is 1.06 bits per heavy atom. The van der Waals surface area contributed by atoms with E-state index >= 15 is 0 Å². The van der Waals surface area contributed by atoms with Crippen LogP contribution in [0, 0.1) is 5.82 Å². The minimum atomic E-state index is -5.08. The van der Waals surface area contributed by atoms with Gasteiger partial charge in [-0.3, -0.25) is 4.98 Å². The molecule has 0 fully saturated rings. The molecule has 2 rings (SSSR count). The fourth-order valence-electron chi connectivity index (χ4n) is 1.30. The Balaban J connectivity index is 0.00000128. The van der Waals surface area contributed by atoms with E-state index in [1.807, 2.05) is 0 Å². The van der Waals surface area contributed by atoms with E-state index in [1.54, 1.807) is 0 Å². The molecule has 0 atom stereocenters. The number of halogens is 4. The molecule has 0 aliphatic carbocycles. The molecule has 2 aromatic rings. The van der Waals surface area contributed by atoms with E-state index < -0.39 is 18.3 Å². The second-order valence-corrected chi connectivity index (χ2v) is 3.18. The number of hydrogen-bond acceptors (Lipinski definition) is 1. The second-order valence-electron chi connectivity index (χ2n) is 3.18. The van der Waals surface area contributed by atoms with Crippen molar-refractivity contribution in [1.82, 2.24) is 4.98 Å². The Labute approximate surface area is 132 Å². The molecule has 0 saturated heterocycles. The minimum Gasteiger partial charge on any atom is -0.445 e. The number of fused-ring (bicyclic) bond motifs is 1. The molecule has 1 aromatic heterocycles. The van der Waals surface area contributed by atoms with Crippen LogP contribution in [0.25, 0.3) is 10.9 Å². The van der Waals surface area contributed by atoms with Crippen LogP contribution in [0.2, 0.25) is 0 Å². The van der Waals surface area contributed by atoms with Crippen LogP contribution in [0.15, 0.2) is 30.5 Å². The van der Waals surface area contributed by atoms with E-state index in [-0.39, 0.29) is 56.8 Å². The Bertz CT molecular complexity index is 514. The molecule has 16 heavy (non-hydrogen) atoms. The van der Waals surface area contributed by atoms with Gasteiger partial charge in [0.1, 0.15) is 5.82 Å². The summed E-state index contributed by atoms with van der Waals surface area (Å²) in [5, 5.41) is 0.159. The second kappa shape index (κ2) is 5.14. The predicted octanol–water partition coefficient (Wildman–Crippen LogP) is -0.568. The topological polar surface area (TPSA) is 12.9 Å². The van der Waals surface area contributed by atoms with E-state index in [2.05, 4.69) is 4.98 Å². The molecule has 7 heteroatoms. The summed E-state index contributed by atoms with van der Waals surface area (Å²) in [4.78, 5) is 3.62. The first-order valence-electron chi connectivity index (χ1n) is 4.22. The molecule has 1 nitrogen and oxygen atoms in total. The third-order valence-corrected chi connectivity index (χ3v) is 2.04. The number of nitrogens with zero attached hydrogens (tertiary/aromatic N) is 1. The number of rotatable bonds is 1. The fourth-order valence-corrected chi connectivity index (χ4v) is 1.30. The van der Waals surface area contributed by atoms with Gasteiger partial charge in [0, 0.05) is 11.6 Å². The van der Waals surface area contributed by atoms with Crippen LogP contribution in [-0.4, -0.2) is 12.0 Å². The van der Waals surface area contributed by atoms with Gasteiger partial charge < -0.3 is 12.9 Å². The van der Waals surface area contributed by atoms with Gasteiger partial charge in [-0.05, 0) is 18.2 Å². The normalized spacial score (nSPS) is 11.2. The van der Waals surface area contributed by atoms with Crippen molar-refractivity contribution in [2.75, 3.05) is 0 Å². The van der Waals surface area contributed by atoms with Crippen molar-refractivity contribution in [2.45, 2.75) is 0 Å². The molecular formula is C9H5BF4KN. The first kappa shape index (κ1) is 14.1. The van der Waals surface area contributed by atoms with Gasteiger partial charge in [0.15, 0.2) is 0 Å². The summed E-state index contributed by atoms with van der Waals surface area (Å²) in [5.74, 6) is -0.573.